The smallest absolute Gasteiger partial charge is 0.254 e. The molecule has 0 bridgehead atoms. The van der Waals surface area contributed by atoms with Crippen molar-refractivity contribution in [3.05, 3.63) is 94.6 Å². The molecule has 0 radical (unpaired) electrons. The van der Waals surface area contributed by atoms with E-state index in [1.54, 1.807) is 0 Å². The summed E-state index contributed by atoms with van der Waals surface area (Å²) in [6.07, 6.45) is 7.21. The van der Waals surface area contributed by atoms with E-state index < -0.39 is 5.54 Å². The maximum Gasteiger partial charge on any atom is 0.254 e. The number of carbonyl (C=O) groups is 2. The van der Waals surface area contributed by atoms with E-state index in [0.29, 0.717) is 25.9 Å². The van der Waals surface area contributed by atoms with Gasteiger partial charge < -0.3 is 10.2 Å². The van der Waals surface area contributed by atoms with Gasteiger partial charge in [0.2, 0.25) is 5.91 Å². The van der Waals surface area contributed by atoms with E-state index in [0.717, 1.165) is 35.1 Å². The molecular formula is C27H30N2O2. The topological polar surface area (TPSA) is 49.4 Å². The van der Waals surface area contributed by atoms with Gasteiger partial charge >= 0.3 is 0 Å². The van der Waals surface area contributed by atoms with E-state index in [-0.39, 0.29) is 11.8 Å². The summed E-state index contributed by atoms with van der Waals surface area (Å²) in [5.74, 6) is 0.0992. The number of carbonyl (C=O) groups excluding carboxylic acids is 2. The van der Waals surface area contributed by atoms with Crippen LogP contribution in [0.4, 0.5) is 0 Å². The van der Waals surface area contributed by atoms with Crippen LogP contribution in [0.2, 0.25) is 0 Å². The minimum atomic E-state index is -0.489. The molecule has 0 spiro atoms. The van der Waals surface area contributed by atoms with Gasteiger partial charge in [0.05, 0.1) is 5.54 Å². The summed E-state index contributed by atoms with van der Waals surface area (Å²) in [5.41, 5.74) is 4.87. The first kappa shape index (κ1) is 21.1. The zero-order chi connectivity index (χ0) is 21.8. The lowest BCUT2D eigenvalue weighted by molar-refractivity contribution is -0.129. The van der Waals surface area contributed by atoms with Crippen molar-refractivity contribution in [3.8, 4) is 0 Å². The molecule has 1 atom stereocenters. The predicted octanol–water partition coefficient (Wildman–Crippen LogP) is 4.80. The summed E-state index contributed by atoms with van der Waals surface area (Å²) in [7, 11) is 0. The van der Waals surface area contributed by atoms with Crippen molar-refractivity contribution in [1.82, 2.24) is 10.2 Å². The predicted molar refractivity (Wildman–Crippen MR) is 123 cm³/mol. The highest BCUT2D eigenvalue weighted by molar-refractivity contribution is 6.03. The summed E-state index contributed by atoms with van der Waals surface area (Å²) in [5, 5.41) is 2.98. The second-order valence-corrected chi connectivity index (χ2v) is 8.57. The van der Waals surface area contributed by atoms with Crippen LogP contribution < -0.4 is 5.32 Å². The zero-order valence-electron chi connectivity index (χ0n) is 18.4. The molecule has 4 heteroatoms. The second-order valence-electron chi connectivity index (χ2n) is 8.57. The number of fused-ring (bicyclic) bond motifs is 1. The van der Waals surface area contributed by atoms with Gasteiger partial charge in [-0.25, -0.2) is 0 Å². The first-order valence-corrected chi connectivity index (χ1v) is 11.1. The number of likely N-dealkylation sites (tertiary alicyclic amines) is 1. The lowest BCUT2D eigenvalue weighted by atomic mass is 9.81. The Morgan fingerprint density at radius 3 is 2.48 bits per heavy atom. The van der Waals surface area contributed by atoms with Crippen LogP contribution >= 0.6 is 0 Å². The van der Waals surface area contributed by atoms with Crippen molar-refractivity contribution >= 4 is 11.8 Å². The molecular weight excluding hydrogens is 384 g/mol. The standard InChI is InChI=1S/C27H30N2O2/c1-20-14-16-22(17-15-20)27(2)24-12-7-6-11-23(24)26(31)29(27)18-8-13-25(30)28-19-21-9-4-3-5-10-21/h3-5,9-12,14-17H,6-8,13,18-19H2,1-2H3,(H,28,30). The molecule has 0 aromatic heterocycles. The number of rotatable bonds is 7. The largest absolute Gasteiger partial charge is 0.352 e. The third-order valence-corrected chi connectivity index (χ3v) is 6.43. The van der Waals surface area contributed by atoms with Crippen LogP contribution in [-0.2, 0) is 21.7 Å². The van der Waals surface area contributed by atoms with Crippen LogP contribution in [0.25, 0.3) is 0 Å². The van der Waals surface area contributed by atoms with Gasteiger partial charge in [0, 0.05) is 25.1 Å². The molecule has 31 heavy (non-hydrogen) atoms. The summed E-state index contributed by atoms with van der Waals surface area (Å²) in [6, 6.07) is 18.4. The van der Waals surface area contributed by atoms with Crippen molar-refractivity contribution in [1.29, 1.82) is 0 Å². The van der Waals surface area contributed by atoms with Crippen molar-refractivity contribution in [2.24, 2.45) is 0 Å². The van der Waals surface area contributed by atoms with E-state index in [9.17, 15) is 9.59 Å². The lowest BCUT2D eigenvalue weighted by Crippen LogP contribution is -2.42. The van der Waals surface area contributed by atoms with Crippen molar-refractivity contribution < 1.29 is 9.59 Å². The normalized spacial score (nSPS) is 20.2. The van der Waals surface area contributed by atoms with E-state index in [1.165, 1.54) is 5.56 Å². The fourth-order valence-electron chi connectivity index (χ4n) is 4.63. The first-order valence-electron chi connectivity index (χ1n) is 11.1. The quantitative estimate of drug-likeness (QED) is 0.708. The Morgan fingerprint density at radius 1 is 1.03 bits per heavy atom. The van der Waals surface area contributed by atoms with Crippen LogP contribution in [0, 0.1) is 6.92 Å². The monoisotopic (exact) mass is 414 g/mol. The average Bonchev–Trinajstić information content (AvgIpc) is 3.02. The Kier molecular flexibility index (Phi) is 6.08. The molecule has 0 saturated carbocycles. The van der Waals surface area contributed by atoms with Crippen molar-refractivity contribution in [2.75, 3.05) is 6.54 Å². The molecule has 2 aromatic carbocycles. The molecule has 160 valence electrons. The highest BCUT2D eigenvalue weighted by atomic mass is 16.2. The number of benzene rings is 2. The second kappa shape index (κ2) is 8.93. The van der Waals surface area contributed by atoms with Crippen molar-refractivity contribution in [3.63, 3.8) is 0 Å². The fraction of sp³-hybridized carbons (Fsp3) is 0.333. The minimum Gasteiger partial charge on any atom is -0.352 e. The third kappa shape index (κ3) is 4.20. The van der Waals surface area contributed by atoms with Gasteiger partial charge in [-0.2, -0.15) is 0 Å². The number of amides is 2. The fourth-order valence-corrected chi connectivity index (χ4v) is 4.63. The van der Waals surface area contributed by atoms with Crippen LogP contribution in [0.3, 0.4) is 0 Å². The molecule has 1 aliphatic heterocycles. The Balaban J connectivity index is 1.46. The average molecular weight is 415 g/mol. The van der Waals surface area contributed by atoms with E-state index >= 15 is 0 Å². The van der Waals surface area contributed by atoms with Gasteiger partial charge in [0.1, 0.15) is 0 Å². The molecule has 2 amide bonds. The molecule has 1 saturated heterocycles. The SMILES string of the molecule is Cc1ccc(C2(C)C3=CCCC=C3C(=O)N2CCCC(=O)NCc2ccccc2)cc1. The van der Waals surface area contributed by atoms with Gasteiger partial charge in [-0.05, 0) is 49.8 Å². The minimum absolute atomic E-state index is 0.0170. The Bertz CT molecular complexity index is 1020. The molecule has 2 aliphatic rings. The van der Waals surface area contributed by atoms with Crippen LogP contribution in [-0.4, -0.2) is 23.3 Å². The number of nitrogens with zero attached hydrogens (tertiary/aromatic N) is 1. The molecule has 2 aromatic rings. The number of nitrogens with one attached hydrogen (secondary N) is 1. The molecule has 4 nitrogen and oxygen atoms in total. The van der Waals surface area contributed by atoms with E-state index in [2.05, 4.69) is 55.6 Å². The molecule has 1 unspecified atom stereocenters. The van der Waals surface area contributed by atoms with E-state index in [4.69, 9.17) is 0 Å². The number of hydrogen-bond donors (Lipinski definition) is 1. The van der Waals surface area contributed by atoms with Crippen LogP contribution in [0.5, 0.6) is 0 Å². The van der Waals surface area contributed by atoms with Gasteiger partial charge in [0.15, 0.2) is 0 Å². The Hall–Kier alpha value is -3.14. The maximum absolute atomic E-state index is 13.3. The highest BCUT2D eigenvalue weighted by Gasteiger charge is 2.49. The number of hydrogen-bond acceptors (Lipinski definition) is 2. The Morgan fingerprint density at radius 2 is 1.74 bits per heavy atom. The maximum atomic E-state index is 13.3. The summed E-state index contributed by atoms with van der Waals surface area (Å²) in [4.78, 5) is 27.6. The first-order chi connectivity index (χ1) is 15.0. The molecule has 1 heterocycles. The van der Waals surface area contributed by atoms with Crippen molar-refractivity contribution in [2.45, 2.75) is 51.6 Å². The van der Waals surface area contributed by atoms with Crippen LogP contribution in [0.15, 0.2) is 77.9 Å². The molecule has 4 rings (SSSR count). The summed E-state index contributed by atoms with van der Waals surface area (Å²) < 4.78 is 0. The number of allylic oxidation sites excluding steroid dienone is 2. The summed E-state index contributed by atoms with van der Waals surface area (Å²) in [6.45, 7) is 5.30. The molecule has 1 aliphatic carbocycles. The van der Waals surface area contributed by atoms with Gasteiger partial charge in [0.25, 0.3) is 5.91 Å². The van der Waals surface area contributed by atoms with Gasteiger partial charge in [-0.3, -0.25) is 9.59 Å². The van der Waals surface area contributed by atoms with E-state index in [1.807, 2.05) is 35.2 Å². The number of aryl methyl sites for hydroxylation is 1. The highest BCUT2D eigenvalue weighted by Crippen LogP contribution is 2.48. The van der Waals surface area contributed by atoms with Gasteiger partial charge in [-0.1, -0.05) is 72.3 Å². The van der Waals surface area contributed by atoms with Gasteiger partial charge in [-0.15, -0.1) is 0 Å². The Labute approximate surface area is 184 Å². The third-order valence-electron chi connectivity index (χ3n) is 6.43. The zero-order valence-corrected chi connectivity index (χ0v) is 18.4. The lowest BCUT2D eigenvalue weighted by Gasteiger charge is -2.37. The molecule has 1 fully saturated rings. The van der Waals surface area contributed by atoms with Crippen LogP contribution in [0.1, 0.15) is 49.3 Å². The molecule has 1 N–H and O–H groups in total. The summed E-state index contributed by atoms with van der Waals surface area (Å²) >= 11 is 0.